The normalized spacial score (nSPS) is 18.8. The molecule has 0 N–H and O–H groups in total. The van der Waals surface area contributed by atoms with Crippen LogP contribution in [0.5, 0.6) is 0 Å². The number of ether oxygens (including phenoxy) is 3. The van der Waals surface area contributed by atoms with E-state index >= 15 is 0 Å². The van der Waals surface area contributed by atoms with Crippen LogP contribution in [-0.2, 0) is 35.0 Å². The van der Waals surface area contributed by atoms with Gasteiger partial charge in [0, 0.05) is 12.5 Å². The zero-order chi connectivity index (χ0) is 19.3. The number of hydrogen-bond donors (Lipinski definition) is 0. The first-order valence-electron chi connectivity index (χ1n) is 7.99. The number of carbonyl (C=O) groups excluding carboxylic acids is 4. The van der Waals surface area contributed by atoms with E-state index in [9.17, 15) is 19.2 Å². The van der Waals surface area contributed by atoms with Gasteiger partial charge in [-0.2, -0.15) is 0 Å². The SMILES string of the molecule is COC(=O)N1CC(Cc2ccccc2)C(=O)CC1(C(=O)OC)C(=O)OC. The van der Waals surface area contributed by atoms with Crippen LogP contribution in [0.2, 0.25) is 0 Å². The Bertz CT molecular complexity index is 685. The van der Waals surface area contributed by atoms with Crippen LogP contribution in [0.15, 0.2) is 30.3 Å². The second-order valence-corrected chi connectivity index (χ2v) is 5.95. The molecule has 2 rings (SSSR count). The number of benzene rings is 1. The predicted octanol–water partition coefficient (Wildman–Crippen LogP) is 0.971. The quantitative estimate of drug-likeness (QED) is 0.446. The molecule has 26 heavy (non-hydrogen) atoms. The van der Waals surface area contributed by atoms with Gasteiger partial charge in [-0.05, 0) is 12.0 Å². The van der Waals surface area contributed by atoms with E-state index in [2.05, 4.69) is 0 Å². The van der Waals surface area contributed by atoms with E-state index < -0.39 is 35.9 Å². The van der Waals surface area contributed by atoms with Gasteiger partial charge >= 0.3 is 18.0 Å². The molecular weight excluding hydrogens is 342 g/mol. The first kappa shape index (κ1) is 19.4. The molecule has 1 atom stereocenters. The lowest BCUT2D eigenvalue weighted by atomic mass is 9.79. The van der Waals surface area contributed by atoms with E-state index in [-0.39, 0.29) is 12.3 Å². The van der Waals surface area contributed by atoms with Crippen molar-refractivity contribution >= 4 is 23.8 Å². The van der Waals surface area contributed by atoms with Crippen molar-refractivity contribution in [2.45, 2.75) is 18.4 Å². The molecule has 0 aromatic heterocycles. The largest absolute Gasteiger partial charge is 0.467 e. The van der Waals surface area contributed by atoms with Gasteiger partial charge in [0.2, 0.25) is 5.54 Å². The molecule has 0 aliphatic carbocycles. The minimum atomic E-state index is -2.18. The summed E-state index contributed by atoms with van der Waals surface area (Å²) in [6, 6.07) is 9.25. The highest BCUT2D eigenvalue weighted by molar-refractivity contribution is 6.11. The summed E-state index contributed by atoms with van der Waals surface area (Å²) in [7, 11) is 3.27. The van der Waals surface area contributed by atoms with Crippen molar-refractivity contribution < 1.29 is 33.4 Å². The van der Waals surface area contributed by atoms with Gasteiger partial charge in [0.25, 0.3) is 0 Å². The van der Waals surface area contributed by atoms with Gasteiger partial charge in [-0.15, -0.1) is 0 Å². The number of methoxy groups -OCH3 is 3. The number of likely N-dealkylation sites (tertiary alicyclic amines) is 1. The Balaban J connectivity index is 2.42. The Morgan fingerprint density at radius 3 is 2.12 bits per heavy atom. The van der Waals surface area contributed by atoms with Crippen molar-refractivity contribution in [3.63, 3.8) is 0 Å². The van der Waals surface area contributed by atoms with Gasteiger partial charge in [-0.3, -0.25) is 9.69 Å². The molecule has 0 saturated carbocycles. The molecule has 140 valence electrons. The molecule has 1 unspecified atom stereocenters. The maximum atomic E-state index is 12.7. The first-order chi connectivity index (χ1) is 12.4. The minimum absolute atomic E-state index is 0.162. The zero-order valence-corrected chi connectivity index (χ0v) is 14.9. The van der Waals surface area contributed by atoms with Crippen molar-refractivity contribution in [2.75, 3.05) is 27.9 Å². The third-order valence-electron chi connectivity index (χ3n) is 4.52. The van der Waals surface area contributed by atoms with Crippen LogP contribution in [0, 0.1) is 5.92 Å². The molecule has 8 nitrogen and oxygen atoms in total. The fourth-order valence-corrected chi connectivity index (χ4v) is 3.17. The second-order valence-electron chi connectivity index (χ2n) is 5.95. The molecule has 0 spiro atoms. The number of esters is 2. The summed E-state index contributed by atoms with van der Waals surface area (Å²) in [5.74, 6) is -2.99. The maximum absolute atomic E-state index is 12.7. The van der Waals surface area contributed by atoms with Crippen molar-refractivity contribution in [2.24, 2.45) is 5.92 Å². The molecule has 1 saturated heterocycles. The van der Waals surface area contributed by atoms with Crippen molar-refractivity contribution in [1.29, 1.82) is 0 Å². The Morgan fingerprint density at radius 2 is 1.62 bits per heavy atom. The molecule has 1 heterocycles. The smallest absolute Gasteiger partial charge is 0.410 e. The maximum Gasteiger partial charge on any atom is 0.410 e. The van der Waals surface area contributed by atoms with Crippen molar-refractivity contribution in [1.82, 2.24) is 4.90 Å². The summed E-state index contributed by atoms with van der Waals surface area (Å²) < 4.78 is 14.1. The molecule has 1 amide bonds. The highest BCUT2D eigenvalue weighted by Crippen LogP contribution is 2.33. The van der Waals surface area contributed by atoms with Gasteiger partial charge in [-0.25, -0.2) is 14.4 Å². The number of carbonyl (C=O) groups is 4. The summed E-state index contributed by atoms with van der Waals surface area (Å²) in [4.78, 5) is 50.8. The van der Waals surface area contributed by atoms with Gasteiger partial charge in [0.1, 0.15) is 5.78 Å². The van der Waals surface area contributed by atoms with Crippen LogP contribution in [0.25, 0.3) is 0 Å². The lowest BCUT2D eigenvalue weighted by Crippen LogP contribution is -2.68. The lowest BCUT2D eigenvalue weighted by Gasteiger charge is -2.43. The number of piperidine rings is 1. The van der Waals surface area contributed by atoms with Crippen molar-refractivity contribution in [3.8, 4) is 0 Å². The predicted molar refractivity (Wildman–Crippen MR) is 89.1 cm³/mol. The number of amides is 1. The Kier molecular flexibility index (Phi) is 5.97. The Labute approximate surface area is 151 Å². The first-order valence-corrected chi connectivity index (χ1v) is 7.99. The average Bonchev–Trinajstić information content (AvgIpc) is 2.68. The van der Waals surface area contributed by atoms with E-state index in [1.165, 1.54) is 0 Å². The summed E-state index contributed by atoms with van der Waals surface area (Å²) in [5, 5.41) is 0. The molecule has 1 aliphatic rings. The van der Waals surface area contributed by atoms with Crippen LogP contribution in [0.3, 0.4) is 0 Å². The standard InChI is InChI=1S/C18H21NO7/c1-24-15(21)18(16(22)25-2)10-14(20)13(11-19(18)17(23)26-3)9-12-7-5-4-6-8-12/h4-8,13H,9-11H2,1-3H3. The second kappa shape index (κ2) is 7.99. The van der Waals surface area contributed by atoms with E-state index in [1.807, 2.05) is 30.3 Å². The monoisotopic (exact) mass is 363 g/mol. The van der Waals surface area contributed by atoms with Crippen LogP contribution < -0.4 is 0 Å². The fourth-order valence-electron chi connectivity index (χ4n) is 3.17. The zero-order valence-electron chi connectivity index (χ0n) is 14.9. The topological polar surface area (TPSA) is 99.2 Å². The minimum Gasteiger partial charge on any atom is -0.467 e. The van der Waals surface area contributed by atoms with Crippen LogP contribution in [0.4, 0.5) is 4.79 Å². The molecule has 1 fully saturated rings. The van der Waals surface area contributed by atoms with E-state index in [1.54, 1.807) is 0 Å². The van der Waals surface area contributed by atoms with E-state index in [0.29, 0.717) is 6.42 Å². The van der Waals surface area contributed by atoms with Gasteiger partial charge in [0.15, 0.2) is 0 Å². The third kappa shape index (κ3) is 3.40. The third-order valence-corrected chi connectivity index (χ3v) is 4.52. The summed E-state index contributed by atoms with van der Waals surface area (Å²) in [6.45, 7) is -0.162. The molecule has 8 heteroatoms. The van der Waals surface area contributed by atoms with Crippen LogP contribution in [-0.4, -0.2) is 62.1 Å². The molecular formula is C18H21NO7. The Morgan fingerprint density at radius 1 is 1.04 bits per heavy atom. The molecule has 1 aromatic carbocycles. The van der Waals surface area contributed by atoms with Crippen molar-refractivity contribution in [3.05, 3.63) is 35.9 Å². The summed E-state index contributed by atoms with van der Waals surface area (Å²) in [6.07, 6.45) is -1.07. The number of Topliss-reactive ketones (excluding diaryl/α,β-unsaturated/α-hetero) is 1. The van der Waals surface area contributed by atoms with Crippen LogP contribution in [0.1, 0.15) is 12.0 Å². The molecule has 1 aromatic rings. The lowest BCUT2D eigenvalue weighted by molar-refractivity contribution is -0.176. The van der Waals surface area contributed by atoms with Gasteiger partial charge < -0.3 is 14.2 Å². The number of hydrogen-bond acceptors (Lipinski definition) is 7. The van der Waals surface area contributed by atoms with E-state index in [0.717, 1.165) is 31.8 Å². The van der Waals surface area contributed by atoms with Gasteiger partial charge in [-0.1, -0.05) is 30.3 Å². The summed E-state index contributed by atoms with van der Waals surface area (Å²) >= 11 is 0. The number of nitrogens with zero attached hydrogens (tertiary/aromatic N) is 1. The molecule has 0 bridgehead atoms. The highest BCUT2D eigenvalue weighted by Gasteiger charge is 2.60. The molecule has 1 aliphatic heterocycles. The summed E-state index contributed by atoms with van der Waals surface area (Å²) in [5.41, 5.74) is -1.28. The average molecular weight is 363 g/mol. The Hall–Kier alpha value is -2.90. The number of ketones is 1. The number of rotatable bonds is 4. The molecule has 0 radical (unpaired) electrons. The van der Waals surface area contributed by atoms with E-state index in [4.69, 9.17) is 14.2 Å². The highest BCUT2D eigenvalue weighted by atomic mass is 16.6. The van der Waals surface area contributed by atoms with Crippen LogP contribution >= 0.6 is 0 Å². The van der Waals surface area contributed by atoms with Gasteiger partial charge in [0.05, 0.1) is 27.8 Å². The fraction of sp³-hybridized carbons (Fsp3) is 0.444.